The molecule has 6 nitrogen and oxygen atoms in total. The number of hydrogen-bond acceptors (Lipinski definition) is 5. The van der Waals surface area contributed by atoms with E-state index in [1.165, 1.54) is 17.3 Å². The molecule has 1 amide bonds. The molecule has 0 radical (unpaired) electrons. The Bertz CT molecular complexity index is 1180. The van der Waals surface area contributed by atoms with Gasteiger partial charge in [-0.3, -0.25) is 9.36 Å². The van der Waals surface area contributed by atoms with E-state index in [0.29, 0.717) is 11.7 Å². The molecule has 0 aliphatic heterocycles. The number of benzene rings is 2. The zero-order valence-corrected chi connectivity index (χ0v) is 18.6. The van der Waals surface area contributed by atoms with Crippen LogP contribution in [0.1, 0.15) is 22.5 Å². The largest absolute Gasteiger partial charge is 0.467 e. The van der Waals surface area contributed by atoms with Gasteiger partial charge in [-0.2, -0.15) is 0 Å². The number of furan rings is 1. The van der Waals surface area contributed by atoms with Crippen LogP contribution in [0.4, 0.5) is 5.69 Å². The first-order chi connectivity index (χ1) is 15.0. The van der Waals surface area contributed by atoms with Gasteiger partial charge >= 0.3 is 0 Å². The van der Waals surface area contributed by atoms with Crippen LogP contribution in [-0.4, -0.2) is 26.4 Å². The first-order valence-electron chi connectivity index (χ1n) is 10.0. The van der Waals surface area contributed by atoms with Gasteiger partial charge in [0.25, 0.3) is 0 Å². The van der Waals surface area contributed by atoms with Gasteiger partial charge in [0.1, 0.15) is 5.76 Å². The van der Waals surface area contributed by atoms with Gasteiger partial charge in [-0.25, -0.2) is 0 Å². The zero-order valence-electron chi connectivity index (χ0n) is 17.8. The number of aryl methyl sites for hydroxylation is 2. The summed E-state index contributed by atoms with van der Waals surface area (Å²) >= 11 is 1.36. The lowest BCUT2D eigenvalue weighted by molar-refractivity contribution is -0.113. The lowest BCUT2D eigenvalue weighted by Crippen LogP contribution is -2.15. The molecule has 2 aromatic carbocycles. The van der Waals surface area contributed by atoms with Crippen molar-refractivity contribution in [3.8, 4) is 11.4 Å². The standard InChI is InChI=1S/C24H24N4O2S/c1-16-9-11-19(12-10-16)23-26-27-24(28(23)14-20-7-5-13-30-20)31-15-22(29)25-21-8-4-6-17(2)18(21)3/h4-13H,14-15H2,1-3H3,(H,25,29). The summed E-state index contributed by atoms with van der Waals surface area (Å²) in [6.45, 7) is 6.58. The quantitative estimate of drug-likeness (QED) is 0.404. The zero-order chi connectivity index (χ0) is 21.8. The molecule has 0 saturated heterocycles. The minimum absolute atomic E-state index is 0.0804. The first kappa shape index (κ1) is 20.9. The number of rotatable bonds is 7. The molecule has 0 fully saturated rings. The molecule has 4 aromatic rings. The van der Waals surface area contributed by atoms with Crippen LogP contribution in [0.15, 0.2) is 70.4 Å². The van der Waals surface area contributed by atoms with Crippen molar-refractivity contribution < 1.29 is 9.21 Å². The number of carbonyl (C=O) groups excluding carboxylic acids is 1. The number of hydrogen-bond donors (Lipinski definition) is 1. The summed E-state index contributed by atoms with van der Waals surface area (Å²) in [5.41, 5.74) is 5.20. The van der Waals surface area contributed by atoms with Crippen molar-refractivity contribution in [2.75, 3.05) is 11.1 Å². The number of anilines is 1. The number of amides is 1. The summed E-state index contributed by atoms with van der Waals surface area (Å²) in [6, 6.07) is 17.8. The summed E-state index contributed by atoms with van der Waals surface area (Å²) in [5.74, 6) is 1.70. The predicted molar refractivity (Wildman–Crippen MR) is 123 cm³/mol. The summed E-state index contributed by atoms with van der Waals surface area (Å²) in [5, 5.41) is 12.4. The summed E-state index contributed by atoms with van der Waals surface area (Å²) in [7, 11) is 0. The SMILES string of the molecule is Cc1ccc(-c2nnc(SCC(=O)Nc3cccc(C)c3C)n2Cc2ccco2)cc1. The molecule has 0 spiro atoms. The number of thioether (sulfide) groups is 1. The Hall–Kier alpha value is -3.32. The van der Waals surface area contributed by atoms with E-state index >= 15 is 0 Å². The lowest BCUT2D eigenvalue weighted by atomic mass is 10.1. The summed E-state index contributed by atoms with van der Waals surface area (Å²) in [6.07, 6.45) is 1.65. The van der Waals surface area contributed by atoms with Crippen LogP contribution in [0.25, 0.3) is 11.4 Å². The van der Waals surface area contributed by atoms with Gasteiger partial charge in [0.2, 0.25) is 5.91 Å². The van der Waals surface area contributed by atoms with Gasteiger partial charge in [-0.1, -0.05) is 53.7 Å². The topological polar surface area (TPSA) is 73.0 Å². The fraction of sp³-hybridized carbons (Fsp3) is 0.208. The minimum Gasteiger partial charge on any atom is -0.467 e. The molecule has 0 unspecified atom stereocenters. The summed E-state index contributed by atoms with van der Waals surface area (Å²) in [4.78, 5) is 12.6. The highest BCUT2D eigenvalue weighted by Crippen LogP contribution is 2.26. The molecule has 7 heteroatoms. The van der Waals surface area contributed by atoms with Crippen LogP contribution in [0.5, 0.6) is 0 Å². The minimum atomic E-state index is -0.0804. The second kappa shape index (κ2) is 9.22. The Morgan fingerprint density at radius 3 is 2.58 bits per heavy atom. The third-order valence-electron chi connectivity index (χ3n) is 5.13. The molecule has 31 heavy (non-hydrogen) atoms. The summed E-state index contributed by atoms with van der Waals surface area (Å²) < 4.78 is 7.52. The van der Waals surface area contributed by atoms with Crippen molar-refractivity contribution in [3.63, 3.8) is 0 Å². The second-order valence-corrected chi connectivity index (χ2v) is 8.36. The normalized spacial score (nSPS) is 10.9. The van der Waals surface area contributed by atoms with E-state index in [-0.39, 0.29) is 11.7 Å². The molecule has 0 aliphatic carbocycles. The molecule has 0 saturated carbocycles. The number of nitrogens with one attached hydrogen (secondary N) is 1. The number of nitrogens with zero attached hydrogens (tertiary/aromatic N) is 3. The van der Waals surface area contributed by atoms with Crippen molar-refractivity contribution in [3.05, 3.63) is 83.3 Å². The van der Waals surface area contributed by atoms with E-state index in [0.717, 1.165) is 34.0 Å². The van der Waals surface area contributed by atoms with Crippen molar-refractivity contribution in [1.29, 1.82) is 0 Å². The van der Waals surface area contributed by atoms with Gasteiger partial charge in [0.05, 0.1) is 18.6 Å². The molecular formula is C24H24N4O2S. The van der Waals surface area contributed by atoms with E-state index in [9.17, 15) is 4.79 Å². The lowest BCUT2D eigenvalue weighted by Gasteiger charge is -2.11. The molecule has 2 aromatic heterocycles. The maximum absolute atomic E-state index is 12.6. The highest BCUT2D eigenvalue weighted by atomic mass is 32.2. The van der Waals surface area contributed by atoms with Crippen molar-refractivity contribution in [1.82, 2.24) is 14.8 Å². The van der Waals surface area contributed by atoms with Gasteiger partial charge in [-0.05, 0) is 50.1 Å². The van der Waals surface area contributed by atoms with Crippen LogP contribution in [0.2, 0.25) is 0 Å². The van der Waals surface area contributed by atoms with E-state index in [2.05, 4.69) is 15.5 Å². The van der Waals surface area contributed by atoms with Crippen molar-refractivity contribution in [2.24, 2.45) is 0 Å². The Labute approximate surface area is 185 Å². The van der Waals surface area contributed by atoms with Gasteiger partial charge in [-0.15, -0.1) is 10.2 Å². The van der Waals surface area contributed by atoms with Crippen molar-refractivity contribution in [2.45, 2.75) is 32.5 Å². The molecule has 4 rings (SSSR count). The second-order valence-electron chi connectivity index (χ2n) is 7.42. The maximum Gasteiger partial charge on any atom is 0.234 e. The van der Waals surface area contributed by atoms with Crippen LogP contribution < -0.4 is 5.32 Å². The monoisotopic (exact) mass is 432 g/mol. The third kappa shape index (κ3) is 4.88. The molecule has 0 bridgehead atoms. The first-order valence-corrected chi connectivity index (χ1v) is 11.0. The predicted octanol–water partition coefficient (Wildman–Crippen LogP) is 5.24. The average Bonchev–Trinajstić information content (AvgIpc) is 3.41. The smallest absolute Gasteiger partial charge is 0.234 e. The molecule has 1 N–H and O–H groups in total. The Balaban J connectivity index is 1.54. The molecule has 0 aliphatic rings. The maximum atomic E-state index is 12.6. The van der Waals surface area contributed by atoms with Gasteiger partial charge in [0.15, 0.2) is 11.0 Å². The number of aromatic nitrogens is 3. The molecule has 2 heterocycles. The highest BCUT2D eigenvalue weighted by Gasteiger charge is 2.17. The Kier molecular flexibility index (Phi) is 6.23. The van der Waals surface area contributed by atoms with Crippen LogP contribution >= 0.6 is 11.8 Å². The van der Waals surface area contributed by atoms with E-state index in [4.69, 9.17) is 4.42 Å². The Morgan fingerprint density at radius 2 is 1.84 bits per heavy atom. The van der Waals surface area contributed by atoms with Crippen LogP contribution in [0.3, 0.4) is 0 Å². The fourth-order valence-electron chi connectivity index (χ4n) is 3.22. The van der Waals surface area contributed by atoms with Crippen molar-refractivity contribution >= 4 is 23.4 Å². The average molecular weight is 433 g/mol. The van der Waals surface area contributed by atoms with E-state index < -0.39 is 0 Å². The third-order valence-corrected chi connectivity index (χ3v) is 6.10. The van der Waals surface area contributed by atoms with Gasteiger partial charge < -0.3 is 9.73 Å². The van der Waals surface area contributed by atoms with E-state index in [1.54, 1.807) is 6.26 Å². The van der Waals surface area contributed by atoms with Crippen LogP contribution in [-0.2, 0) is 11.3 Å². The molecular weight excluding hydrogens is 408 g/mol. The molecule has 158 valence electrons. The number of carbonyl (C=O) groups is 1. The van der Waals surface area contributed by atoms with Gasteiger partial charge in [0, 0.05) is 11.3 Å². The Morgan fingerprint density at radius 1 is 1.03 bits per heavy atom. The van der Waals surface area contributed by atoms with Crippen LogP contribution in [0, 0.1) is 20.8 Å². The molecule has 0 atom stereocenters. The van der Waals surface area contributed by atoms with E-state index in [1.807, 2.05) is 79.9 Å². The highest BCUT2D eigenvalue weighted by molar-refractivity contribution is 7.99. The fourth-order valence-corrected chi connectivity index (χ4v) is 3.95.